The summed E-state index contributed by atoms with van der Waals surface area (Å²) in [6.45, 7) is -0.863. The van der Waals surface area contributed by atoms with Crippen LogP contribution in [0.25, 0.3) is 0 Å². The molecule has 0 rings (SSSR count). The number of rotatable bonds is 5. The molecule has 0 aliphatic carbocycles. The highest BCUT2D eigenvalue weighted by Crippen LogP contribution is 2.06. The molecule has 0 heterocycles. The van der Waals surface area contributed by atoms with Crippen molar-refractivity contribution in [3.05, 3.63) is 0 Å². The number of carbonyl (C=O) groups is 1. The molecule has 0 saturated carbocycles. The standard InChI is InChI=1S/C7H15NO7S/c1-16(14,15)7(13)4(8)6(12)5(11)3(10)2-9/h3-6,9-12H,2,8H2,1H3/t3-,4-,5-,6-/m1/s1. The molecule has 0 aromatic rings. The third-order valence-electron chi connectivity index (χ3n) is 1.94. The molecule has 0 amide bonds. The van der Waals surface area contributed by atoms with Crippen molar-refractivity contribution >= 4 is 15.0 Å². The van der Waals surface area contributed by atoms with E-state index in [9.17, 15) is 23.4 Å². The lowest BCUT2D eigenvalue weighted by Crippen LogP contribution is -2.54. The Bertz CT molecular complexity index is 341. The summed E-state index contributed by atoms with van der Waals surface area (Å²) in [6, 6.07) is -1.88. The quantitative estimate of drug-likeness (QED) is 0.333. The Balaban J connectivity index is 4.75. The van der Waals surface area contributed by atoms with Crippen LogP contribution in [0.15, 0.2) is 0 Å². The van der Waals surface area contributed by atoms with E-state index in [2.05, 4.69) is 0 Å². The maximum atomic E-state index is 11.1. The minimum Gasteiger partial charge on any atom is -0.394 e. The maximum absolute atomic E-state index is 11.1. The van der Waals surface area contributed by atoms with Crippen LogP contribution in [0.3, 0.4) is 0 Å². The lowest BCUT2D eigenvalue weighted by Gasteiger charge is -2.24. The second-order valence-electron chi connectivity index (χ2n) is 3.35. The van der Waals surface area contributed by atoms with E-state index in [0.29, 0.717) is 6.26 Å². The molecular weight excluding hydrogens is 242 g/mol. The van der Waals surface area contributed by atoms with Crippen LogP contribution < -0.4 is 5.73 Å². The lowest BCUT2D eigenvalue weighted by molar-refractivity contribution is -0.122. The van der Waals surface area contributed by atoms with Crippen molar-refractivity contribution < 1.29 is 33.6 Å². The summed E-state index contributed by atoms with van der Waals surface area (Å²) in [6.07, 6.45) is -5.00. The predicted octanol–water partition coefficient (Wildman–Crippen LogP) is -4.04. The van der Waals surface area contributed by atoms with Gasteiger partial charge in [-0.25, -0.2) is 8.42 Å². The minimum absolute atomic E-state index is 0.608. The highest BCUT2D eigenvalue weighted by Gasteiger charge is 2.36. The Labute approximate surface area is 92.2 Å². The SMILES string of the molecule is CS(=O)(=O)C(=O)[C@H](N)[C@@H](O)[C@H](O)[C@H](O)CO. The van der Waals surface area contributed by atoms with Gasteiger partial charge in [-0.15, -0.1) is 0 Å². The van der Waals surface area contributed by atoms with Crippen LogP contribution in [0, 0.1) is 0 Å². The average molecular weight is 257 g/mol. The summed E-state index contributed by atoms with van der Waals surface area (Å²) in [7, 11) is -4.09. The molecule has 6 N–H and O–H groups in total. The monoisotopic (exact) mass is 257 g/mol. The van der Waals surface area contributed by atoms with Gasteiger partial charge in [-0.2, -0.15) is 0 Å². The first-order valence-electron chi connectivity index (χ1n) is 4.27. The van der Waals surface area contributed by atoms with Crippen LogP contribution in [-0.2, 0) is 14.6 Å². The summed E-state index contributed by atoms with van der Waals surface area (Å²) >= 11 is 0. The summed E-state index contributed by atoms with van der Waals surface area (Å²) in [5.41, 5.74) is 5.11. The fourth-order valence-electron chi connectivity index (χ4n) is 0.935. The van der Waals surface area contributed by atoms with Gasteiger partial charge in [0.05, 0.1) is 6.61 Å². The topological polar surface area (TPSA) is 158 Å². The summed E-state index contributed by atoms with van der Waals surface area (Å²) in [5, 5.41) is 34.4. The van der Waals surface area contributed by atoms with Gasteiger partial charge in [0, 0.05) is 6.26 Å². The predicted molar refractivity (Wildman–Crippen MR) is 52.9 cm³/mol. The van der Waals surface area contributed by atoms with E-state index in [1.54, 1.807) is 0 Å². The summed E-state index contributed by atoms with van der Waals surface area (Å²) in [5.74, 6) is 0. The largest absolute Gasteiger partial charge is 0.394 e. The van der Waals surface area contributed by atoms with Crippen molar-refractivity contribution in [2.75, 3.05) is 12.9 Å². The zero-order chi connectivity index (χ0) is 13.1. The van der Waals surface area contributed by atoms with Gasteiger partial charge in [0.2, 0.25) is 9.84 Å². The normalized spacial score (nSPS) is 19.9. The Hall–Kier alpha value is -0.580. The molecule has 0 spiro atoms. The second-order valence-corrected chi connectivity index (χ2v) is 5.29. The van der Waals surface area contributed by atoms with Crippen molar-refractivity contribution in [3.63, 3.8) is 0 Å². The molecule has 0 saturated heterocycles. The number of aliphatic hydroxyl groups is 4. The fraction of sp³-hybridized carbons (Fsp3) is 0.857. The van der Waals surface area contributed by atoms with Crippen molar-refractivity contribution in [2.45, 2.75) is 24.4 Å². The third-order valence-corrected chi connectivity index (χ3v) is 2.94. The molecule has 16 heavy (non-hydrogen) atoms. The van der Waals surface area contributed by atoms with Gasteiger partial charge in [0.25, 0.3) is 5.12 Å². The number of carbonyl (C=O) groups excluding carboxylic acids is 1. The van der Waals surface area contributed by atoms with E-state index >= 15 is 0 Å². The number of sulfone groups is 1. The smallest absolute Gasteiger partial charge is 0.265 e. The molecular formula is C7H15NO7S. The van der Waals surface area contributed by atoms with E-state index in [0.717, 1.165) is 0 Å². The molecule has 0 unspecified atom stereocenters. The third kappa shape index (κ3) is 3.77. The number of hydrogen-bond acceptors (Lipinski definition) is 8. The first-order valence-corrected chi connectivity index (χ1v) is 6.16. The zero-order valence-electron chi connectivity index (χ0n) is 8.52. The van der Waals surface area contributed by atoms with Crippen molar-refractivity contribution in [3.8, 4) is 0 Å². The lowest BCUT2D eigenvalue weighted by atomic mass is 10.0. The van der Waals surface area contributed by atoms with Crippen molar-refractivity contribution in [1.82, 2.24) is 0 Å². The zero-order valence-corrected chi connectivity index (χ0v) is 9.33. The Morgan fingerprint density at radius 1 is 1.25 bits per heavy atom. The highest BCUT2D eigenvalue weighted by molar-refractivity contribution is 8.05. The molecule has 0 aliphatic rings. The Morgan fingerprint density at radius 2 is 1.69 bits per heavy atom. The van der Waals surface area contributed by atoms with Gasteiger partial charge in [0.1, 0.15) is 24.4 Å². The van der Waals surface area contributed by atoms with Gasteiger partial charge in [-0.05, 0) is 0 Å². The summed E-state index contributed by atoms with van der Waals surface area (Å²) in [4.78, 5) is 11.1. The fourth-order valence-corrected chi connectivity index (χ4v) is 1.57. The maximum Gasteiger partial charge on any atom is 0.265 e. The van der Waals surface area contributed by atoms with Gasteiger partial charge in [-0.1, -0.05) is 0 Å². The Kier molecular flexibility index (Phi) is 5.46. The molecule has 0 bridgehead atoms. The van der Waals surface area contributed by atoms with E-state index in [1.165, 1.54) is 0 Å². The highest BCUT2D eigenvalue weighted by atomic mass is 32.2. The van der Waals surface area contributed by atoms with Gasteiger partial charge < -0.3 is 26.2 Å². The molecule has 96 valence electrons. The molecule has 0 radical (unpaired) electrons. The number of hydrogen-bond donors (Lipinski definition) is 5. The van der Waals surface area contributed by atoms with Gasteiger partial charge in [-0.3, -0.25) is 4.79 Å². The number of nitrogens with two attached hydrogens (primary N) is 1. The van der Waals surface area contributed by atoms with Crippen molar-refractivity contribution in [2.24, 2.45) is 5.73 Å². The van der Waals surface area contributed by atoms with Crippen molar-refractivity contribution in [1.29, 1.82) is 0 Å². The van der Waals surface area contributed by atoms with Gasteiger partial charge in [0.15, 0.2) is 0 Å². The van der Waals surface area contributed by atoms with Crippen LogP contribution >= 0.6 is 0 Å². The van der Waals surface area contributed by atoms with Crippen LogP contribution in [0.5, 0.6) is 0 Å². The average Bonchev–Trinajstić information content (AvgIpc) is 2.22. The second kappa shape index (κ2) is 5.66. The Morgan fingerprint density at radius 3 is 2.00 bits per heavy atom. The first-order chi connectivity index (χ1) is 7.12. The molecule has 8 nitrogen and oxygen atoms in total. The van der Waals surface area contributed by atoms with Crippen LogP contribution in [0.2, 0.25) is 0 Å². The van der Waals surface area contributed by atoms with E-state index in [1.807, 2.05) is 0 Å². The van der Waals surface area contributed by atoms with Crippen LogP contribution in [0.1, 0.15) is 0 Å². The molecule has 0 aromatic heterocycles. The molecule has 0 aromatic carbocycles. The van der Waals surface area contributed by atoms with E-state index in [4.69, 9.17) is 15.9 Å². The molecule has 0 fully saturated rings. The summed E-state index contributed by atoms with van der Waals surface area (Å²) < 4.78 is 21.6. The first kappa shape index (κ1) is 15.4. The van der Waals surface area contributed by atoms with E-state index in [-0.39, 0.29) is 0 Å². The van der Waals surface area contributed by atoms with Crippen LogP contribution in [0.4, 0.5) is 0 Å². The van der Waals surface area contributed by atoms with E-state index < -0.39 is 45.9 Å². The van der Waals surface area contributed by atoms with Gasteiger partial charge >= 0.3 is 0 Å². The molecule has 4 atom stereocenters. The number of aliphatic hydroxyl groups excluding tert-OH is 4. The minimum atomic E-state index is -4.09. The molecule has 9 heteroatoms. The molecule has 0 aliphatic heterocycles. The van der Waals surface area contributed by atoms with Crippen LogP contribution in [-0.4, -0.2) is 71.2 Å².